The van der Waals surface area contributed by atoms with Gasteiger partial charge in [0.15, 0.2) is 0 Å². The molecule has 1 aromatic carbocycles. The number of benzene rings is 1. The summed E-state index contributed by atoms with van der Waals surface area (Å²) in [5, 5.41) is 3.00. The molecule has 1 amide bonds. The van der Waals surface area contributed by atoms with Crippen molar-refractivity contribution in [1.82, 2.24) is 5.32 Å². The lowest BCUT2D eigenvalue weighted by molar-refractivity contribution is -0.121. The van der Waals surface area contributed by atoms with Gasteiger partial charge in [0, 0.05) is 19.4 Å². The van der Waals surface area contributed by atoms with Crippen LogP contribution in [-0.2, 0) is 16.0 Å². The second kappa shape index (κ2) is 12.9. The smallest absolute Gasteiger partial charge is 0.220 e. The topological polar surface area (TPSA) is 46.2 Å². The summed E-state index contributed by atoms with van der Waals surface area (Å²) in [4.78, 5) is 21.9. The van der Waals surface area contributed by atoms with E-state index in [9.17, 15) is 9.59 Å². The zero-order valence-corrected chi connectivity index (χ0v) is 14.5. The summed E-state index contributed by atoms with van der Waals surface area (Å²) >= 11 is 0. The van der Waals surface area contributed by atoms with Crippen LogP contribution in [0.25, 0.3) is 0 Å². The Bertz CT molecular complexity index is 439. The van der Waals surface area contributed by atoms with Crippen molar-refractivity contribution >= 4 is 12.2 Å². The molecule has 3 heteroatoms. The summed E-state index contributed by atoms with van der Waals surface area (Å²) in [6.07, 6.45) is 10.9. The lowest BCUT2D eigenvalue weighted by atomic mass is 10.1. The van der Waals surface area contributed by atoms with Crippen molar-refractivity contribution in [2.45, 2.75) is 71.1 Å². The highest BCUT2D eigenvalue weighted by Gasteiger charge is 2.01. The first-order chi connectivity index (χ1) is 11.2. The van der Waals surface area contributed by atoms with Crippen molar-refractivity contribution in [3.63, 3.8) is 0 Å². The molecule has 0 aromatic heterocycles. The molecule has 1 N–H and O–H groups in total. The number of hydrogen-bond acceptors (Lipinski definition) is 2. The molecule has 0 aliphatic carbocycles. The van der Waals surface area contributed by atoms with Crippen LogP contribution in [0.3, 0.4) is 0 Å². The average molecular weight is 317 g/mol. The molecule has 0 fully saturated rings. The minimum Gasteiger partial charge on any atom is -0.356 e. The second-order valence-corrected chi connectivity index (χ2v) is 6.27. The summed E-state index contributed by atoms with van der Waals surface area (Å²) in [5.41, 5.74) is 2.58. The quantitative estimate of drug-likeness (QED) is 0.434. The molecule has 0 heterocycles. The molecule has 128 valence electrons. The Balaban J connectivity index is 1.92. The van der Waals surface area contributed by atoms with Gasteiger partial charge < -0.3 is 10.1 Å². The van der Waals surface area contributed by atoms with E-state index in [0.717, 1.165) is 51.4 Å². The van der Waals surface area contributed by atoms with Crippen LogP contribution in [0.4, 0.5) is 0 Å². The normalized spacial score (nSPS) is 10.5. The van der Waals surface area contributed by atoms with E-state index in [1.165, 1.54) is 24.0 Å². The molecule has 0 unspecified atom stereocenters. The number of aldehydes is 1. The number of hydrogen-bond donors (Lipinski definition) is 1. The Hall–Kier alpha value is -1.64. The Labute approximate surface area is 140 Å². The van der Waals surface area contributed by atoms with Gasteiger partial charge in [0.1, 0.15) is 6.29 Å². The van der Waals surface area contributed by atoms with Crippen molar-refractivity contribution in [3.05, 3.63) is 35.4 Å². The fourth-order valence-electron chi connectivity index (χ4n) is 2.58. The Morgan fingerprint density at radius 1 is 0.957 bits per heavy atom. The van der Waals surface area contributed by atoms with Crippen LogP contribution in [0.2, 0.25) is 0 Å². The fraction of sp³-hybridized carbons (Fsp3) is 0.600. The van der Waals surface area contributed by atoms with Crippen molar-refractivity contribution in [3.8, 4) is 0 Å². The predicted octanol–water partition coefficient (Wildman–Crippen LogP) is 4.36. The number of rotatable bonds is 13. The average Bonchev–Trinajstić information content (AvgIpc) is 2.55. The summed E-state index contributed by atoms with van der Waals surface area (Å²) in [7, 11) is 0. The zero-order valence-electron chi connectivity index (χ0n) is 14.5. The second-order valence-electron chi connectivity index (χ2n) is 6.27. The minimum atomic E-state index is 0.170. The molecular weight excluding hydrogens is 286 g/mol. The largest absolute Gasteiger partial charge is 0.356 e. The van der Waals surface area contributed by atoms with E-state index in [-0.39, 0.29) is 5.91 Å². The van der Waals surface area contributed by atoms with Crippen molar-refractivity contribution in [1.29, 1.82) is 0 Å². The molecular formula is C20H31NO2. The van der Waals surface area contributed by atoms with Crippen molar-refractivity contribution in [2.75, 3.05) is 6.54 Å². The van der Waals surface area contributed by atoms with Gasteiger partial charge in [0.25, 0.3) is 0 Å². The van der Waals surface area contributed by atoms with Crippen LogP contribution in [0, 0.1) is 6.92 Å². The van der Waals surface area contributed by atoms with Gasteiger partial charge in [0.2, 0.25) is 5.91 Å². The first-order valence-electron chi connectivity index (χ1n) is 8.98. The molecule has 0 saturated carbocycles. The summed E-state index contributed by atoms with van der Waals surface area (Å²) in [6.45, 7) is 2.88. The molecule has 0 aliphatic heterocycles. The molecule has 0 radical (unpaired) electrons. The van der Waals surface area contributed by atoms with Crippen molar-refractivity contribution in [2.24, 2.45) is 0 Å². The van der Waals surface area contributed by atoms with E-state index in [1.807, 2.05) is 0 Å². The SMILES string of the molecule is Cc1ccc(CCCC(=O)NCCCCCCCCC=O)cc1. The van der Waals surface area contributed by atoms with Crippen LogP contribution in [0.1, 0.15) is 68.9 Å². The van der Waals surface area contributed by atoms with Gasteiger partial charge in [-0.05, 0) is 38.2 Å². The van der Waals surface area contributed by atoms with Crippen LogP contribution in [0.15, 0.2) is 24.3 Å². The van der Waals surface area contributed by atoms with Gasteiger partial charge in [-0.3, -0.25) is 4.79 Å². The van der Waals surface area contributed by atoms with Crippen LogP contribution >= 0.6 is 0 Å². The van der Waals surface area contributed by atoms with Gasteiger partial charge in [-0.2, -0.15) is 0 Å². The van der Waals surface area contributed by atoms with Gasteiger partial charge >= 0.3 is 0 Å². The van der Waals surface area contributed by atoms with Gasteiger partial charge in [-0.25, -0.2) is 0 Å². The highest BCUT2D eigenvalue weighted by molar-refractivity contribution is 5.75. The maximum absolute atomic E-state index is 11.8. The first kappa shape index (κ1) is 19.4. The van der Waals surface area contributed by atoms with Gasteiger partial charge in [0.05, 0.1) is 0 Å². The Kier molecular flexibility index (Phi) is 10.9. The molecule has 0 spiro atoms. The highest BCUT2D eigenvalue weighted by Crippen LogP contribution is 2.08. The first-order valence-corrected chi connectivity index (χ1v) is 8.98. The molecule has 0 atom stereocenters. The number of nitrogens with one attached hydrogen (secondary N) is 1. The van der Waals surface area contributed by atoms with Gasteiger partial charge in [-0.1, -0.05) is 55.5 Å². The van der Waals surface area contributed by atoms with Gasteiger partial charge in [-0.15, -0.1) is 0 Å². The van der Waals surface area contributed by atoms with E-state index < -0.39 is 0 Å². The molecule has 0 saturated heterocycles. The van der Waals surface area contributed by atoms with E-state index in [0.29, 0.717) is 12.8 Å². The van der Waals surface area contributed by atoms with Crippen LogP contribution < -0.4 is 5.32 Å². The molecule has 1 aromatic rings. The predicted molar refractivity (Wildman–Crippen MR) is 95.5 cm³/mol. The van der Waals surface area contributed by atoms with Crippen molar-refractivity contribution < 1.29 is 9.59 Å². The summed E-state index contributed by atoms with van der Waals surface area (Å²) < 4.78 is 0. The Morgan fingerprint density at radius 3 is 2.30 bits per heavy atom. The monoisotopic (exact) mass is 317 g/mol. The number of amides is 1. The van der Waals surface area contributed by atoms with E-state index in [2.05, 4.69) is 36.5 Å². The summed E-state index contributed by atoms with van der Waals surface area (Å²) in [6, 6.07) is 8.52. The number of unbranched alkanes of at least 4 members (excludes halogenated alkanes) is 6. The van der Waals surface area contributed by atoms with Crippen LogP contribution in [0.5, 0.6) is 0 Å². The Morgan fingerprint density at radius 2 is 1.61 bits per heavy atom. The lowest BCUT2D eigenvalue weighted by Crippen LogP contribution is -2.24. The molecule has 23 heavy (non-hydrogen) atoms. The lowest BCUT2D eigenvalue weighted by Gasteiger charge is -2.06. The third-order valence-corrected chi connectivity index (χ3v) is 4.06. The number of aryl methyl sites for hydroxylation is 2. The third-order valence-electron chi connectivity index (χ3n) is 4.06. The highest BCUT2D eigenvalue weighted by atomic mass is 16.1. The van der Waals surface area contributed by atoms with E-state index in [4.69, 9.17) is 0 Å². The van der Waals surface area contributed by atoms with E-state index >= 15 is 0 Å². The maximum Gasteiger partial charge on any atom is 0.220 e. The van der Waals surface area contributed by atoms with Crippen LogP contribution in [-0.4, -0.2) is 18.7 Å². The number of carbonyl (C=O) groups excluding carboxylic acids is 2. The molecule has 1 rings (SSSR count). The summed E-state index contributed by atoms with van der Waals surface area (Å²) in [5.74, 6) is 0.170. The number of carbonyl (C=O) groups is 2. The third kappa shape index (κ3) is 10.7. The maximum atomic E-state index is 11.8. The molecule has 3 nitrogen and oxygen atoms in total. The molecule has 0 bridgehead atoms. The molecule has 0 aliphatic rings. The van der Waals surface area contributed by atoms with E-state index in [1.54, 1.807) is 0 Å². The zero-order chi connectivity index (χ0) is 16.8. The standard InChI is InChI=1S/C20H31NO2/c1-18-12-14-19(15-13-18)10-9-11-20(23)21-16-7-5-3-2-4-6-8-17-22/h12-15,17H,2-11,16H2,1H3,(H,21,23). The minimum absolute atomic E-state index is 0.170. The fourth-order valence-corrected chi connectivity index (χ4v) is 2.58.